The summed E-state index contributed by atoms with van der Waals surface area (Å²) in [7, 11) is 0. The van der Waals surface area contributed by atoms with Crippen molar-refractivity contribution < 1.29 is 14.1 Å². The van der Waals surface area contributed by atoms with Crippen LogP contribution in [0.2, 0.25) is 0 Å². The first-order chi connectivity index (χ1) is 13.5. The van der Waals surface area contributed by atoms with Crippen molar-refractivity contribution in [2.45, 2.75) is 38.5 Å². The van der Waals surface area contributed by atoms with Crippen molar-refractivity contribution in [2.24, 2.45) is 0 Å². The van der Waals surface area contributed by atoms with Gasteiger partial charge in [0, 0.05) is 11.0 Å². The molecule has 3 aromatic rings. The SMILES string of the molecule is CCOC(=O)CC1(c2ccc(-c3ccc(-c4onc(C)c4N)cc3)cc2)CC1. The average molecular weight is 376 g/mol. The summed E-state index contributed by atoms with van der Waals surface area (Å²) in [5.74, 6) is 0.496. The molecule has 1 heterocycles. The van der Waals surface area contributed by atoms with Gasteiger partial charge in [-0.15, -0.1) is 0 Å². The van der Waals surface area contributed by atoms with Crippen molar-refractivity contribution in [2.75, 3.05) is 12.3 Å². The molecule has 0 amide bonds. The largest absolute Gasteiger partial charge is 0.466 e. The number of anilines is 1. The maximum Gasteiger partial charge on any atom is 0.306 e. The highest BCUT2D eigenvalue weighted by molar-refractivity contribution is 5.75. The zero-order valence-corrected chi connectivity index (χ0v) is 16.2. The molecular formula is C23H24N2O3. The van der Waals surface area contributed by atoms with Gasteiger partial charge in [0.15, 0.2) is 5.76 Å². The monoisotopic (exact) mass is 376 g/mol. The number of esters is 1. The van der Waals surface area contributed by atoms with Crippen LogP contribution in [-0.4, -0.2) is 17.7 Å². The van der Waals surface area contributed by atoms with Crippen molar-refractivity contribution in [1.82, 2.24) is 5.16 Å². The molecule has 1 aliphatic rings. The third-order valence-corrected chi connectivity index (χ3v) is 5.53. The van der Waals surface area contributed by atoms with Gasteiger partial charge in [0.2, 0.25) is 0 Å². The molecule has 2 N–H and O–H groups in total. The molecule has 2 aromatic carbocycles. The minimum absolute atomic E-state index is 0.0314. The van der Waals surface area contributed by atoms with E-state index in [9.17, 15) is 4.79 Å². The molecule has 5 heteroatoms. The van der Waals surface area contributed by atoms with Gasteiger partial charge in [0.05, 0.1) is 13.0 Å². The lowest BCUT2D eigenvalue weighted by molar-refractivity contribution is -0.143. The van der Waals surface area contributed by atoms with E-state index in [0.717, 1.165) is 29.5 Å². The van der Waals surface area contributed by atoms with Gasteiger partial charge in [-0.1, -0.05) is 53.7 Å². The molecule has 144 valence electrons. The van der Waals surface area contributed by atoms with E-state index in [4.69, 9.17) is 15.0 Å². The summed E-state index contributed by atoms with van der Waals surface area (Å²) in [5.41, 5.74) is 11.6. The van der Waals surface area contributed by atoms with Gasteiger partial charge >= 0.3 is 5.97 Å². The third kappa shape index (κ3) is 3.40. The van der Waals surface area contributed by atoms with Crippen LogP contribution in [0.5, 0.6) is 0 Å². The summed E-state index contributed by atoms with van der Waals surface area (Å²) in [6.45, 7) is 4.10. The number of rotatable bonds is 6. The maximum absolute atomic E-state index is 11.9. The Morgan fingerprint density at radius 2 is 1.64 bits per heavy atom. The Balaban J connectivity index is 1.51. The number of carbonyl (C=O) groups excluding carboxylic acids is 1. The quantitative estimate of drug-likeness (QED) is 0.620. The van der Waals surface area contributed by atoms with Crippen molar-refractivity contribution in [1.29, 1.82) is 0 Å². The summed E-state index contributed by atoms with van der Waals surface area (Å²) in [5, 5.41) is 3.91. The van der Waals surface area contributed by atoms with Crippen molar-refractivity contribution in [3.8, 4) is 22.5 Å². The Hall–Kier alpha value is -3.08. The molecule has 0 bridgehead atoms. The second-order valence-corrected chi connectivity index (χ2v) is 7.43. The van der Waals surface area contributed by atoms with Crippen LogP contribution in [0.1, 0.15) is 37.4 Å². The second-order valence-electron chi connectivity index (χ2n) is 7.43. The summed E-state index contributed by atoms with van der Waals surface area (Å²) < 4.78 is 10.5. The smallest absolute Gasteiger partial charge is 0.306 e. The van der Waals surface area contributed by atoms with Crippen LogP contribution >= 0.6 is 0 Å². The summed E-state index contributed by atoms with van der Waals surface area (Å²) in [6.07, 6.45) is 2.54. The number of benzene rings is 2. The number of nitrogens with zero attached hydrogens (tertiary/aromatic N) is 1. The standard InChI is InChI=1S/C23H24N2O3/c1-3-27-20(26)14-23(12-13-23)19-10-8-17(9-11-19)16-4-6-18(7-5-16)22-21(24)15(2)25-28-22/h4-11H,3,12-14,24H2,1-2H3. The molecule has 0 saturated heterocycles. The van der Waals surface area contributed by atoms with Gasteiger partial charge in [0.1, 0.15) is 11.4 Å². The molecule has 0 aliphatic heterocycles. The van der Waals surface area contributed by atoms with Crippen molar-refractivity contribution in [3.05, 3.63) is 59.8 Å². The summed E-state index contributed by atoms with van der Waals surface area (Å²) >= 11 is 0. The molecule has 28 heavy (non-hydrogen) atoms. The van der Waals surface area contributed by atoms with Crippen LogP contribution in [0.25, 0.3) is 22.5 Å². The zero-order valence-electron chi connectivity index (χ0n) is 16.2. The Bertz CT molecular complexity index is 984. The van der Waals surface area contributed by atoms with Crippen LogP contribution in [0.15, 0.2) is 53.1 Å². The number of aryl methyl sites for hydroxylation is 1. The lowest BCUT2D eigenvalue weighted by atomic mass is 9.91. The van der Waals surface area contributed by atoms with Crippen LogP contribution in [0.4, 0.5) is 5.69 Å². The fourth-order valence-electron chi connectivity index (χ4n) is 3.62. The first-order valence-electron chi connectivity index (χ1n) is 9.61. The van der Waals surface area contributed by atoms with E-state index >= 15 is 0 Å². The normalized spacial score (nSPS) is 14.6. The fourth-order valence-corrected chi connectivity index (χ4v) is 3.62. The summed E-state index contributed by atoms with van der Waals surface area (Å²) in [4.78, 5) is 11.9. The van der Waals surface area contributed by atoms with E-state index < -0.39 is 0 Å². The van der Waals surface area contributed by atoms with Gasteiger partial charge in [0.25, 0.3) is 0 Å². The van der Waals surface area contributed by atoms with Gasteiger partial charge in [-0.3, -0.25) is 4.79 Å². The van der Waals surface area contributed by atoms with Gasteiger partial charge in [-0.05, 0) is 43.4 Å². The molecule has 0 radical (unpaired) electrons. The third-order valence-electron chi connectivity index (χ3n) is 5.53. The molecule has 4 rings (SSSR count). The number of hydrogen-bond acceptors (Lipinski definition) is 5. The van der Waals surface area contributed by atoms with E-state index in [-0.39, 0.29) is 11.4 Å². The van der Waals surface area contributed by atoms with Gasteiger partial charge < -0.3 is 15.0 Å². The maximum atomic E-state index is 11.9. The molecule has 0 atom stereocenters. The Kier molecular flexibility index (Phi) is 4.67. The summed E-state index contributed by atoms with van der Waals surface area (Å²) in [6, 6.07) is 16.6. The Morgan fingerprint density at radius 1 is 1.07 bits per heavy atom. The zero-order chi connectivity index (χ0) is 19.7. The van der Waals surface area contributed by atoms with E-state index in [0.29, 0.717) is 30.2 Å². The molecule has 1 fully saturated rings. The lowest BCUT2D eigenvalue weighted by Gasteiger charge is -2.15. The molecule has 0 spiro atoms. The predicted octanol–water partition coefficient (Wildman–Crippen LogP) is 4.88. The van der Waals surface area contributed by atoms with Crippen LogP contribution in [-0.2, 0) is 14.9 Å². The van der Waals surface area contributed by atoms with Crippen molar-refractivity contribution >= 4 is 11.7 Å². The minimum atomic E-state index is -0.110. The minimum Gasteiger partial charge on any atom is -0.466 e. The number of aromatic nitrogens is 1. The van der Waals surface area contributed by atoms with E-state index in [2.05, 4.69) is 29.4 Å². The molecule has 5 nitrogen and oxygen atoms in total. The highest BCUT2D eigenvalue weighted by atomic mass is 16.5. The molecular weight excluding hydrogens is 352 g/mol. The molecule has 0 unspecified atom stereocenters. The highest BCUT2D eigenvalue weighted by Crippen LogP contribution is 2.51. The number of ether oxygens (including phenoxy) is 1. The van der Waals surface area contributed by atoms with Crippen LogP contribution in [0.3, 0.4) is 0 Å². The number of hydrogen-bond donors (Lipinski definition) is 1. The topological polar surface area (TPSA) is 78.3 Å². The number of nitrogen functional groups attached to an aromatic ring is 1. The molecule has 1 aromatic heterocycles. The first kappa shape index (κ1) is 18.3. The molecule has 1 saturated carbocycles. The Labute approximate surface area is 164 Å². The van der Waals surface area contributed by atoms with E-state index in [1.54, 1.807) is 0 Å². The second kappa shape index (κ2) is 7.15. The fraction of sp³-hybridized carbons (Fsp3) is 0.304. The van der Waals surface area contributed by atoms with E-state index in [1.165, 1.54) is 5.56 Å². The van der Waals surface area contributed by atoms with Crippen LogP contribution in [0, 0.1) is 6.92 Å². The van der Waals surface area contributed by atoms with Gasteiger partial charge in [-0.25, -0.2) is 0 Å². The van der Waals surface area contributed by atoms with Crippen molar-refractivity contribution in [3.63, 3.8) is 0 Å². The van der Waals surface area contributed by atoms with Crippen LogP contribution < -0.4 is 5.73 Å². The number of carbonyl (C=O) groups is 1. The highest BCUT2D eigenvalue weighted by Gasteiger charge is 2.46. The lowest BCUT2D eigenvalue weighted by Crippen LogP contribution is -2.15. The average Bonchev–Trinajstić information content (AvgIpc) is 3.41. The van der Waals surface area contributed by atoms with Gasteiger partial charge in [-0.2, -0.15) is 0 Å². The first-order valence-corrected chi connectivity index (χ1v) is 9.61. The van der Waals surface area contributed by atoms with E-state index in [1.807, 2.05) is 38.1 Å². The predicted molar refractivity (Wildman–Crippen MR) is 109 cm³/mol. The number of nitrogens with two attached hydrogens (primary N) is 1. The molecule has 1 aliphatic carbocycles. The Morgan fingerprint density at radius 3 is 2.14 bits per heavy atom.